The molecule has 7 nitrogen and oxygen atoms in total. The van der Waals surface area contributed by atoms with Crippen LogP contribution in [0, 0.1) is 0 Å². The number of carboxylic acids is 1. The Bertz CT molecular complexity index is 1050. The number of nitrogens with one attached hydrogen (secondary N) is 2. The Morgan fingerprint density at radius 1 is 0.900 bits per heavy atom. The van der Waals surface area contributed by atoms with Gasteiger partial charge in [-0.15, -0.1) is 0 Å². The Balaban J connectivity index is 0.000000396. The maximum atomic E-state index is 12.0. The van der Waals surface area contributed by atoms with Gasteiger partial charge in [0, 0.05) is 11.4 Å². The molecule has 0 bridgehead atoms. The third-order valence-corrected chi connectivity index (χ3v) is 3.62. The minimum absolute atomic E-state index is 0.276. The number of nitrogens with two attached hydrogens (primary N) is 1. The number of hydrogen-bond donors (Lipinski definition) is 4. The lowest BCUT2D eigenvalue weighted by atomic mass is 10.1. The molecular formula is C20H17F3N4O3. The first kappa shape index (κ1) is 22.2. The van der Waals surface area contributed by atoms with Gasteiger partial charge >= 0.3 is 18.2 Å². The minimum atomic E-state index is -5.08. The summed E-state index contributed by atoms with van der Waals surface area (Å²) in [5.74, 6) is 2.40. The van der Waals surface area contributed by atoms with E-state index >= 15 is 0 Å². The van der Waals surface area contributed by atoms with Crippen molar-refractivity contribution in [3.05, 3.63) is 72.3 Å². The first-order valence-electron chi connectivity index (χ1n) is 8.39. The SMILES string of the molecule is N/N=C\c1ccc2cc(NC(=O)Nc3ccccc3)ccc2c1.O=C(O)C(F)(F)F. The maximum absolute atomic E-state index is 12.0. The molecule has 0 aromatic heterocycles. The normalized spacial score (nSPS) is 10.9. The van der Waals surface area contributed by atoms with E-state index in [2.05, 4.69) is 15.7 Å². The number of alkyl halides is 3. The summed E-state index contributed by atoms with van der Waals surface area (Å²) >= 11 is 0. The Hall–Kier alpha value is -4.08. The number of carbonyl (C=O) groups excluding carboxylic acids is 1. The lowest BCUT2D eigenvalue weighted by Crippen LogP contribution is -2.21. The highest BCUT2D eigenvalue weighted by Crippen LogP contribution is 2.20. The van der Waals surface area contributed by atoms with Crippen LogP contribution in [-0.4, -0.2) is 29.5 Å². The molecule has 0 atom stereocenters. The van der Waals surface area contributed by atoms with E-state index in [1.807, 2.05) is 66.7 Å². The van der Waals surface area contributed by atoms with E-state index in [1.54, 1.807) is 6.21 Å². The van der Waals surface area contributed by atoms with Crippen molar-refractivity contribution in [3.8, 4) is 0 Å². The van der Waals surface area contributed by atoms with Crippen molar-refractivity contribution in [2.24, 2.45) is 10.9 Å². The van der Waals surface area contributed by atoms with Gasteiger partial charge in [-0.2, -0.15) is 18.3 Å². The van der Waals surface area contributed by atoms with Crippen molar-refractivity contribution in [2.75, 3.05) is 10.6 Å². The highest BCUT2D eigenvalue weighted by Gasteiger charge is 2.38. The fourth-order valence-electron chi connectivity index (χ4n) is 2.32. The van der Waals surface area contributed by atoms with Crippen LogP contribution in [0.15, 0.2) is 71.8 Å². The number of aliphatic carboxylic acids is 1. The molecule has 3 rings (SSSR count). The van der Waals surface area contributed by atoms with Crippen LogP contribution in [0.4, 0.5) is 29.3 Å². The van der Waals surface area contributed by atoms with E-state index in [-0.39, 0.29) is 6.03 Å². The largest absolute Gasteiger partial charge is 0.490 e. The quantitative estimate of drug-likeness (QED) is 0.286. The minimum Gasteiger partial charge on any atom is -0.475 e. The monoisotopic (exact) mass is 418 g/mol. The summed E-state index contributed by atoms with van der Waals surface area (Å²) in [7, 11) is 0. The number of fused-ring (bicyclic) bond motifs is 1. The topological polar surface area (TPSA) is 117 Å². The van der Waals surface area contributed by atoms with Gasteiger partial charge in [-0.25, -0.2) is 9.59 Å². The summed E-state index contributed by atoms with van der Waals surface area (Å²) in [6.07, 6.45) is -3.49. The Morgan fingerprint density at radius 3 is 2.07 bits per heavy atom. The zero-order chi connectivity index (χ0) is 22.1. The van der Waals surface area contributed by atoms with Gasteiger partial charge in [-0.1, -0.05) is 36.4 Å². The first-order chi connectivity index (χ1) is 14.2. The van der Waals surface area contributed by atoms with Crippen LogP contribution in [-0.2, 0) is 4.79 Å². The van der Waals surface area contributed by atoms with Crippen LogP contribution in [0.1, 0.15) is 5.56 Å². The zero-order valence-electron chi connectivity index (χ0n) is 15.4. The average Bonchev–Trinajstić information content (AvgIpc) is 2.69. The first-order valence-corrected chi connectivity index (χ1v) is 8.39. The fraction of sp³-hybridized carbons (Fsp3) is 0.0500. The number of anilines is 2. The van der Waals surface area contributed by atoms with E-state index in [4.69, 9.17) is 15.7 Å². The summed E-state index contributed by atoms with van der Waals surface area (Å²) in [4.78, 5) is 20.9. The lowest BCUT2D eigenvalue weighted by molar-refractivity contribution is -0.192. The molecule has 3 aromatic rings. The molecule has 0 spiro atoms. The molecule has 0 unspecified atom stereocenters. The number of carbonyl (C=O) groups is 2. The Kier molecular flexibility index (Phi) is 7.34. The molecule has 0 heterocycles. The molecule has 0 aliphatic heterocycles. The molecule has 30 heavy (non-hydrogen) atoms. The fourth-order valence-corrected chi connectivity index (χ4v) is 2.32. The van der Waals surface area contributed by atoms with E-state index in [0.29, 0.717) is 0 Å². The number of hydrazone groups is 1. The molecule has 5 N–H and O–H groups in total. The average molecular weight is 418 g/mol. The number of hydrogen-bond acceptors (Lipinski definition) is 4. The van der Waals surface area contributed by atoms with Crippen molar-refractivity contribution >= 4 is 40.4 Å². The van der Waals surface area contributed by atoms with Crippen LogP contribution >= 0.6 is 0 Å². The summed E-state index contributed by atoms with van der Waals surface area (Å²) in [5.41, 5.74) is 2.41. The molecular weight excluding hydrogens is 401 g/mol. The van der Waals surface area contributed by atoms with Gasteiger partial charge < -0.3 is 21.6 Å². The molecule has 0 aliphatic carbocycles. The van der Waals surface area contributed by atoms with Gasteiger partial charge in [0.1, 0.15) is 0 Å². The van der Waals surface area contributed by atoms with E-state index in [9.17, 15) is 18.0 Å². The maximum Gasteiger partial charge on any atom is 0.490 e. The number of halogens is 3. The second-order valence-electron chi connectivity index (χ2n) is 5.85. The highest BCUT2D eigenvalue weighted by molar-refractivity contribution is 6.01. The number of benzene rings is 3. The smallest absolute Gasteiger partial charge is 0.475 e. The van der Waals surface area contributed by atoms with E-state index in [1.165, 1.54) is 0 Å². The van der Waals surface area contributed by atoms with Crippen molar-refractivity contribution in [3.63, 3.8) is 0 Å². The van der Waals surface area contributed by atoms with E-state index in [0.717, 1.165) is 27.7 Å². The Labute approximate surface area is 169 Å². The number of amides is 2. The third kappa shape index (κ3) is 6.82. The van der Waals surface area contributed by atoms with Crippen molar-refractivity contribution in [2.45, 2.75) is 6.18 Å². The molecule has 3 aromatic carbocycles. The number of urea groups is 1. The number of nitrogens with zero attached hydrogens (tertiary/aromatic N) is 1. The molecule has 2 amide bonds. The molecule has 156 valence electrons. The zero-order valence-corrected chi connectivity index (χ0v) is 15.4. The van der Waals surface area contributed by atoms with Crippen LogP contribution in [0.2, 0.25) is 0 Å². The third-order valence-electron chi connectivity index (χ3n) is 3.62. The summed E-state index contributed by atoms with van der Waals surface area (Å²) in [5, 5.41) is 18.3. The standard InChI is InChI=1S/C18H16N4O.C2HF3O2/c19-20-12-13-6-7-15-11-17(9-8-14(15)10-13)22-18(23)21-16-4-2-1-3-5-16;3-2(4,5)1(6)7/h1-12H,19H2,(H2,21,22,23);(H,6,7)/b20-12-;. The van der Waals surface area contributed by atoms with Gasteiger partial charge in [0.15, 0.2) is 0 Å². The lowest BCUT2D eigenvalue weighted by Gasteiger charge is -2.08. The van der Waals surface area contributed by atoms with Crippen LogP contribution in [0.3, 0.4) is 0 Å². The van der Waals surface area contributed by atoms with Crippen molar-refractivity contribution in [1.29, 1.82) is 0 Å². The number of rotatable bonds is 3. The van der Waals surface area contributed by atoms with Gasteiger partial charge in [0.2, 0.25) is 0 Å². The van der Waals surface area contributed by atoms with E-state index < -0.39 is 12.1 Å². The highest BCUT2D eigenvalue weighted by atomic mass is 19.4. The molecule has 0 saturated heterocycles. The molecule has 0 aliphatic rings. The predicted octanol–water partition coefficient (Wildman–Crippen LogP) is 4.41. The van der Waals surface area contributed by atoms with Crippen LogP contribution in [0.25, 0.3) is 10.8 Å². The molecule has 0 saturated carbocycles. The van der Waals surface area contributed by atoms with Gasteiger partial charge in [0.05, 0.1) is 6.21 Å². The number of para-hydroxylation sites is 1. The summed E-state index contributed by atoms with van der Waals surface area (Å²) in [6.45, 7) is 0. The van der Waals surface area contributed by atoms with Gasteiger partial charge in [0.25, 0.3) is 0 Å². The second-order valence-corrected chi connectivity index (χ2v) is 5.85. The van der Waals surface area contributed by atoms with Gasteiger partial charge in [-0.05, 0) is 46.7 Å². The molecule has 10 heteroatoms. The van der Waals surface area contributed by atoms with Gasteiger partial charge in [-0.3, -0.25) is 0 Å². The predicted molar refractivity (Wildman–Crippen MR) is 109 cm³/mol. The molecule has 0 radical (unpaired) electrons. The number of carboxylic acid groups (broad SMARTS) is 1. The van der Waals surface area contributed by atoms with Crippen molar-refractivity contribution in [1.82, 2.24) is 0 Å². The molecule has 0 fully saturated rings. The van der Waals surface area contributed by atoms with Crippen LogP contribution in [0.5, 0.6) is 0 Å². The summed E-state index contributed by atoms with van der Waals surface area (Å²) in [6, 6.07) is 20.6. The van der Waals surface area contributed by atoms with Crippen molar-refractivity contribution < 1.29 is 27.9 Å². The van der Waals surface area contributed by atoms with Crippen LogP contribution < -0.4 is 16.5 Å². The Morgan fingerprint density at radius 2 is 1.47 bits per heavy atom. The second kappa shape index (κ2) is 9.92. The summed E-state index contributed by atoms with van der Waals surface area (Å²) < 4.78 is 31.7.